The van der Waals surface area contributed by atoms with Gasteiger partial charge in [0.15, 0.2) is 0 Å². The zero-order valence-corrected chi connectivity index (χ0v) is 25.8. The zero-order valence-electron chi connectivity index (χ0n) is 23.3. The molecule has 0 aromatic carbocycles. The molecule has 3 heterocycles. The van der Waals surface area contributed by atoms with Gasteiger partial charge in [0.2, 0.25) is 0 Å². The maximum atomic E-state index is 11.0. The molecule has 0 saturated carbocycles. The molecule has 0 amide bonds. The molecule has 3 aromatic heterocycles. The Balaban J connectivity index is 1.72. The fourth-order valence-electron chi connectivity index (χ4n) is 3.88. The SMILES string of the molecule is CN(CCN(Cc1cc(COS(=O)(=O)O)ccn1)Cc1cc(COS(=O)(=O)O)ccn1)Cc1cc(COS(=O)(=O)O)ccn1. The number of pyridine rings is 3. The molecule has 0 aliphatic carbocycles. The van der Waals surface area contributed by atoms with Crippen molar-refractivity contribution in [1.29, 1.82) is 0 Å². The first kappa shape index (κ1) is 35.5. The lowest BCUT2D eigenvalue weighted by atomic mass is 10.2. The quantitative estimate of drug-likeness (QED) is 0.159. The topological polar surface area (TPSA) is 236 Å². The molecular formula is C24H31N5O12S3. The monoisotopic (exact) mass is 677 g/mol. The Bertz CT molecular complexity index is 1640. The molecule has 242 valence electrons. The minimum absolute atomic E-state index is 0.279. The Hall–Kier alpha value is -3.02. The summed E-state index contributed by atoms with van der Waals surface area (Å²) in [5.41, 5.74) is 3.14. The summed E-state index contributed by atoms with van der Waals surface area (Å²) in [6, 6.07) is 9.52. The Morgan fingerprint density at radius 3 is 1.27 bits per heavy atom. The Morgan fingerprint density at radius 1 is 0.591 bits per heavy atom. The van der Waals surface area contributed by atoms with Crippen molar-refractivity contribution in [2.45, 2.75) is 39.5 Å². The average molecular weight is 678 g/mol. The van der Waals surface area contributed by atoms with Crippen molar-refractivity contribution in [3.8, 4) is 0 Å². The Morgan fingerprint density at radius 2 is 0.932 bits per heavy atom. The van der Waals surface area contributed by atoms with E-state index in [9.17, 15) is 25.3 Å². The van der Waals surface area contributed by atoms with Crippen molar-refractivity contribution in [1.82, 2.24) is 24.8 Å². The van der Waals surface area contributed by atoms with Gasteiger partial charge in [0.25, 0.3) is 0 Å². The van der Waals surface area contributed by atoms with Crippen LogP contribution in [0.2, 0.25) is 0 Å². The van der Waals surface area contributed by atoms with Crippen LogP contribution in [-0.2, 0) is 83.2 Å². The molecule has 0 aliphatic rings. The fourth-order valence-corrected chi connectivity index (χ4v) is 4.74. The van der Waals surface area contributed by atoms with Crippen molar-refractivity contribution in [3.63, 3.8) is 0 Å². The summed E-state index contributed by atoms with van der Waals surface area (Å²) in [4.78, 5) is 16.9. The highest BCUT2D eigenvalue weighted by molar-refractivity contribution is 7.81. The zero-order chi connectivity index (χ0) is 32.4. The highest BCUT2D eigenvalue weighted by atomic mass is 32.3. The van der Waals surface area contributed by atoms with Gasteiger partial charge in [-0.1, -0.05) is 0 Å². The van der Waals surface area contributed by atoms with Crippen LogP contribution in [0.3, 0.4) is 0 Å². The molecule has 0 saturated heterocycles. The second kappa shape index (κ2) is 15.8. The van der Waals surface area contributed by atoms with Gasteiger partial charge in [0.1, 0.15) is 0 Å². The van der Waals surface area contributed by atoms with Crippen LogP contribution in [0.5, 0.6) is 0 Å². The van der Waals surface area contributed by atoms with Crippen LogP contribution in [0, 0.1) is 0 Å². The summed E-state index contributed by atoms with van der Waals surface area (Å²) in [5, 5.41) is 0. The summed E-state index contributed by atoms with van der Waals surface area (Å²) in [6.07, 6.45) is 4.43. The van der Waals surface area contributed by atoms with Gasteiger partial charge in [0, 0.05) is 51.3 Å². The molecule has 0 unspecified atom stereocenters. The van der Waals surface area contributed by atoms with Crippen LogP contribution < -0.4 is 0 Å². The number of nitrogens with zero attached hydrogens (tertiary/aromatic N) is 5. The second-order valence-corrected chi connectivity index (χ2v) is 12.8. The van der Waals surface area contributed by atoms with Crippen molar-refractivity contribution in [2.24, 2.45) is 0 Å². The molecule has 0 spiro atoms. The third-order valence-corrected chi connectivity index (χ3v) is 7.01. The van der Waals surface area contributed by atoms with E-state index in [0.29, 0.717) is 53.4 Å². The van der Waals surface area contributed by atoms with E-state index in [1.807, 2.05) is 16.8 Å². The molecule has 17 nitrogen and oxygen atoms in total. The molecule has 0 bridgehead atoms. The van der Waals surface area contributed by atoms with Crippen molar-refractivity contribution in [3.05, 3.63) is 88.8 Å². The van der Waals surface area contributed by atoms with Crippen molar-refractivity contribution in [2.75, 3.05) is 20.1 Å². The van der Waals surface area contributed by atoms with E-state index in [1.165, 1.54) is 30.7 Å². The lowest BCUT2D eigenvalue weighted by Crippen LogP contribution is -2.33. The van der Waals surface area contributed by atoms with Gasteiger partial charge in [0.05, 0.1) is 36.9 Å². The van der Waals surface area contributed by atoms with E-state index in [0.717, 1.165) is 0 Å². The molecule has 0 fully saturated rings. The predicted octanol–water partition coefficient (Wildman–Crippen LogP) is 0.964. The van der Waals surface area contributed by atoms with E-state index >= 15 is 0 Å². The summed E-state index contributed by atoms with van der Waals surface area (Å²) in [7, 11) is -12.0. The van der Waals surface area contributed by atoms with Crippen LogP contribution in [0.1, 0.15) is 33.8 Å². The molecule has 0 radical (unpaired) electrons. The number of hydrogen-bond donors (Lipinski definition) is 3. The first-order valence-electron chi connectivity index (χ1n) is 12.6. The lowest BCUT2D eigenvalue weighted by molar-refractivity contribution is 0.203. The maximum absolute atomic E-state index is 11.0. The van der Waals surface area contributed by atoms with Gasteiger partial charge in [-0.15, -0.1) is 0 Å². The molecule has 20 heteroatoms. The maximum Gasteiger partial charge on any atom is 0.397 e. The number of aromatic nitrogens is 3. The molecule has 44 heavy (non-hydrogen) atoms. The largest absolute Gasteiger partial charge is 0.397 e. The summed E-state index contributed by atoms with van der Waals surface area (Å²) >= 11 is 0. The predicted molar refractivity (Wildman–Crippen MR) is 152 cm³/mol. The first-order valence-corrected chi connectivity index (χ1v) is 16.7. The highest BCUT2D eigenvalue weighted by Crippen LogP contribution is 2.13. The third-order valence-electron chi connectivity index (χ3n) is 5.77. The summed E-state index contributed by atoms with van der Waals surface area (Å²) in [5.74, 6) is 0. The van der Waals surface area contributed by atoms with E-state index in [2.05, 4.69) is 27.5 Å². The average Bonchev–Trinajstić information content (AvgIpc) is 2.92. The van der Waals surface area contributed by atoms with Gasteiger partial charge in [-0.05, 0) is 60.1 Å². The van der Waals surface area contributed by atoms with Crippen LogP contribution in [0.4, 0.5) is 0 Å². The molecular weight excluding hydrogens is 646 g/mol. The van der Waals surface area contributed by atoms with Crippen LogP contribution in [0.25, 0.3) is 0 Å². The third kappa shape index (κ3) is 14.6. The molecule has 0 atom stereocenters. The van der Waals surface area contributed by atoms with Crippen LogP contribution >= 0.6 is 0 Å². The Kier molecular flexibility index (Phi) is 12.7. The van der Waals surface area contributed by atoms with E-state index < -0.39 is 44.4 Å². The molecule has 3 N–H and O–H groups in total. The normalized spacial score (nSPS) is 12.7. The van der Waals surface area contributed by atoms with Gasteiger partial charge in [-0.25, -0.2) is 12.5 Å². The molecule has 3 aromatic rings. The number of hydrogen-bond acceptors (Lipinski definition) is 14. The lowest BCUT2D eigenvalue weighted by Gasteiger charge is -2.25. The highest BCUT2D eigenvalue weighted by Gasteiger charge is 2.14. The molecule has 0 aliphatic heterocycles. The van der Waals surface area contributed by atoms with Crippen LogP contribution in [0.15, 0.2) is 55.0 Å². The Labute approximate surface area is 255 Å². The van der Waals surface area contributed by atoms with Crippen molar-refractivity contribution >= 4 is 31.2 Å². The first-order chi connectivity index (χ1) is 20.5. The number of rotatable bonds is 18. The minimum atomic E-state index is -4.63. The van der Waals surface area contributed by atoms with Crippen LogP contribution in [-0.4, -0.2) is 83.8 Å². The summed E-state index contributed by atoms with van der Waals surface area (Å²) < 4.78 is 105. The fraction of sp³-hybridized carbons (Fsp3) is 0.375. The standard InChI is InChI=1S/C24H31N5O12S3/c1-28(13-22-10-19(2-5-25-22)16-39-42(30,31)32)8-9-29(14-23-11-20(3-6-26-23)17-40-43(33,34)35)15-24-12-21(4-7-27-24)18-41-44(36,37)38/h2-7,10-12H,8-9,13-18H2,1H3,(H,30,31,32)(H,33,34,35)(H,36,37,38). The minimum Gasteiger partial charge on any atom is -0.299 e. The number of likely N-dealkylation sites (N-methyl/N-ethyl adjacent to an activating group) is 1. The summed E-state index contributed by atoms with van der Waals surface area (Å²) in [6.45, 7) is 0.770. The smallest absolute Gasteiger partial charge is 0.299 e. The second-order valence-electron chi connectivity index (χ2n) is 9.48. The molecule has 3 rings (SSSR count). The van der Waals surface area contributed by atoms with Crippen molar-refractivity contribution < 1.29 is 51.5 Å². The van der Waals surface area contributed by atoms with Gasteiger partial charge >= 0.3 is 31.2 Å². The van der Waals surface area contributed by atoms with Gasteiger partial charge in [-0.2, -0.15) is 25.3 Å². The van der Waals surface area contributed by atoms with E-state index in [-0.39, 0.29) is 19.7 Å². The van der Waals surface area contributed by atoms with E-state index in [1.54, 1.807) is 24.3 Å². The van der Waals surface area contributed by atoms with E-state index in [4.69, 9.17) is 13.7 Å². The van der Waals surface area contributed by atoms with Gasteiger partial charge in [-0.3, -0.25) is 38.4 Å². The van der Waals surface area contributed by atoms with Gasteiger partial charge < -0.3 is 0 Å².